The van der Waals surface area contributed by atoms with Crippen LogP contribution < -0.4 is 5.32 Å². The molecule has 5 nitrogen and oxygen atoms in total. The number of rotatable bonds is 6. The number of halogens is 1. The second-order valence-corrected chi connectivity index (χ2v) is 4.72. The van der Waals surface area contributed by atoms with Crippen LogP contribution in [0, 0.1) is 0 Å². The predicted octanol–water partition coefficient (Wildman–Crippen LogP) is 0.753. The van der Waals surface area contributed by atoms with Crippen molar-refractivity contribution in [2.75, 3.05) is 6.54 Å². The molecule has 19 heavy (non-hydrogen) atoms. The molecule has 0 saturated carbocycles. The molecule has 0 spiro atoms. The molecule has 0 radical (unpaired) electrons. The van der Waals surface area contributed by atoms with Crippen LogP contribution in [-0.2, 0) is 11.4 Å². The fraction of sp³-hybridized carbons (Fsp3) is 0.462. The van der Waals surface area contributed by atoms with Gasteiger partial charge in [-0.25, -0.2) is 0 Å². The molecule has 0 saturated heterocycles. The summed E-state index contributed by atoms with van der Waals surface area (Å²) in [5.74, 6) is -0.191. The van der Waals surface area contributed by atoms with Gasteiger partial charge in [-0.2, -0.15) is 0 Å². The van der Waals surface area contributed by atoms with Gasteiger partial charge in [-0.15, -0.1) is 0 Å². The summed E-state index contributed by atoms with van der Waals surface area (Å²) < 4.78 is 0. The number of hydrogen-bond acceptors (Lipinski definition) is 4. The lowest BCUT2D eigenvalue weighted by atomic mass is 9.97. The number of amides is 1. The van der Waals surface area contributed by atoms with Crippen molar-refractivity contribution in [3.8, 4) is 0 Å². The largest absolute Gasteiger partial charge is 0.392 e. The van der Waals surface area contributed by atoms with Crippen LogP contribution in [0.25, 0.3) is 0 Å². The molecule has 0 aromatic heterocycles. The maximum absolute atomic E-state index is 10.7. The molecule has 0 aliphatic rings. The third-order valence-electron chi connectivity index (χ3n) is 2.77. The molecule has 2 unspecified atom stereocenters. The van der Waals surface area contributed by atoms with Gasteiger partial charge in [0, 0.05) is 18.5 Å². The molecular formula is C13H18ClNO4. The number of nitrogens with one attached hydrogen (secondary N) is 1. The maximum Gasteiger partial charge on any atom is 0.216 e. The van der Waals surface area contributed by atoms with Crippen molar-refractivity contribution in [2.24, 2.45) is 0 Å². The Balaban J connectivity index is 2.70. The van der Waals surface area contributed by atoms with E-state index in [1.54, 1.807) is 18.2 Å². The predicted molar refractivity (Wildman–Crippen MR) is 71.6 cm³/mol. The summed E-state index contributed by atoms with van der Waals surface area (Å²) in [4.78, 5) is 10.7. The Hall–Kier alpha value is -1.14. The molecule has 1 aromatic carbocycles. The standard InChI is InChI=1S/C13H18ClNO4/c1-8(17)15-5-4-12(18)13(19)11-3-2-10(14)6-9(11)7-16/h2-3,6,12-13,16,18-19H,4-5,7H2,1H3,(H,15,17). The first-order valence-corrected chi connectivity index (χ1v) is 6.33. The van der Waals surface area contributed by atoms with Crippen molar-refractivity contribution < 1.29 is 20.1 Å². The van der Waals surface area contributed by atoms with E-state index in [9.17, 15) is 20.1 Å². The summed E-state index contributed by atoms with van der Waals surface area (Å²) in [7, 11) is 0. The second-order valence-electron chi connectivity index (χ2n) is 4.29. The molecule has 1 rings (SSSR count). The topological polar surface area (TPSA) is 89.8 Å². The average Bonchev–Trinajstić information content (AvgIpc) is 2.37. The lowest BCUT2D eigenvalue weighted by Gasteiger charge is -2.20. The molecule has 0 aliphatic carbocycles. The third kappa shape index (κ3) is 4.80. The summed E-state index contributed by atoms with van der Waals surface area (Å²) in [5.41, 5.74) is 0.904. The highest BCUT2D eigenvalue weighted by molar-refractivity contribution is 6.30. The van der Waals surface area contributed by atoms with Crippen molar-refractivity contribution in [3.05, 3.63) is 34.3 Å². The zero-order valence-electron chi connectivity index (χ0n) is 10.6. The zero-order chi connectivity index (χ0) is 14.4. The van der Waals surface area contributed by atoms with Crippen LogP contribution in [0.2, 0.25) is 5.02 Å². The second kappa shape index (κ2) is 7.45. The van der Waals surface area contributed by atoms with Crippen molar-refractivity contribution in [1.82, 2.24) is 5.32 Å². The minimum Gasteiger partial charge on any atom is -0.392 e. The highest BCUT2D eigenvalue weighted by Crippen LogP contribution is 2.25. The molecule has 106 valence electrons. The minimum atomic E-state index is -1.13. The van der Waals surface area contributed by atoms with Gasteiger partial charge in [0.1, 0.15) is 6.10 Å². The Morgan fingerprint density at radius 1 is 1.42 bits per heavy atom. The molecule has 0 heterocycles. The van der Waals surface area contributed by atoms with E-state index in [1.165, 1.54) is 6.92 Å². The van der Waals surface area contributed by atoms with Crippen LogP contribution in [0.4, 0.5) is 0 Å². The molecule has 4 N–H and O–H groups in total. The van der Waals surface area contributed by atoms with Crippen molar-refractivity contribution >= 4 is 17.5 Å². The van der Waals surface area contributed by atoms with E-state index in [1.807, 2.05) is 0 Å². The van der Waals surface area contributed by atoms with Crippen LogP contribution in [0.15, 0.2) is 18.2 Å². The van der Waals surface area contributed by atoms with Gasteiger partial charge in [0.15, 0.2) is 0 Å². The number of aliphatic hydroxyl groups excluding tert-OH is 3. The van der Waals surface area contributed by atoms with E-state index < -0.39 is 12.2 Å². The van der Waals surface area contributed by atoms with Gasteiger partial charge in [-0.05, 0) is 29.7 Å². The Kier molecular flexibility index (Phi) is 6.24. The van der Waals surface area contributed by atoms with Gasteiger partial charge in [-0.3, -0.25) is 4.79 Å². The zero-order valence-corrected chi connectivity index (χ0v) is 11.4. The lowest BCUT2D eigenvalue weighted by molar-refractivity contribution is -0.119. The smallest absolute Gasteiger partial charge is 0.216 e. The highest BCUT2D eigenvalue weighted by atomic mass is 35.5. The average molecular weight is 288 g/mol. The molecule has 0 fully saturated rings. The molecule has 1 amide bonds. The summed E-state index contributed by atoms with van der Waals surface area (Å²) in [6, 6.07) is 4.70. The Labute approximate surface area is 116 Å². The SMILES string of the molecule is CC(=O)NCCC(O)C(O)c1ccc(Cl)cc1CO. The Morgan fingerprint density at radius 2 is 2.11 bits per heavy atom. The molecule has 6 heteroatoms. The Bertz CT molecular complexity index is 439. The van der Waals surface area contributed by atoms with Crippen molar-refractivity contribution in [1.29, 1.82) is 0 Å². The van der Waals surface area contributed by atoms with Crippen LogP contribution in [0.5, 0.6) is 0 Å². The summed E-state index contributed by atoms with van der Waals surface area (Å²) in [5, 5.41) is 32.1. The van der Waals surface area contributed by atoms with Crippen LogP contribution in [0.3, 0.4) is 0 Å². The van der Waals surface area contributed by atoms with E-state index in [0.29, 0.717) is 16.1 Å². The van der Waals surface area contributed by atoms with Crippen molar-refractivity contribution in [3.63, 3.8) is 0 Å². The molecule has 2 atom stereocenters. The summed E-state index contributed by atoms with van der Waals surface area (Å²) in [6.07, 6.45) is -1.94. The van der Waals surface area contributed by atoms with E-state index in [2.05, 4.69) is 5.32 Å². The van der Waals surface area contributed by atoms with Gasteiger partial charge in [-0.1, -0.05) is 17.7 Å². The molecule has 0 bridgehead atoms. The molecule has 1 aromatic rings. The fourth-order valence-electron chi connectivity index (χ4n) is 1.76. The van der Waals surface area contributed by atoms with Gasteiger partial charge in [0.05, 0.1) is 12.7 Å². The van der Waals surface area contributed by atoms with Crippen LogP contribution in [0.1, 0.15) is 30.6 Å². The fourth-order valence-corrected chi connectivity index (χ4v) is 1.96. The number of benzene rings is 1. The molecule has 0 aliphatic heterocycles. The third-order valence-corrected chi connectivity index (χ3v) is 3.01. The van der Waals surface area contributed by atoms with E-state index in [-0.39, 0.29) is 25.5 Å². The van der Waals surface area contributed by atoms with Gasteiger partial charge in [0.2, 0.25) is 5.91 Å². The van der Waals surface area contributed by atoms with E-state index >= 15 is 0 Å². The van der Waals surface area contributed by atoms with Crippen LogP contribution >= 0.6 is 11.6 Å². The minimum absolute atomic E-state index is 0.191. The van der Waals surface area contributed by atoms with Crippen molar-refractivity contribution in [2.45, 2.75) is 32.2 Å². The maximum atomic E-state index is 10.7. The first-order valence-electron chi connectivity index (χ1n) is 5.95. The quantitative estimate of drug-likeness (QED) is 0.622. The number of aliphatic hydroxyl groups is 3. The van der Waals surface area contributed by atoms with Gasteiger partial charge in [0.25, 0.3) is 0 Å². The highest BCUT2D eigenvalue weighted by Gasteiger charge is 2.20. The molecular weight excluding hydrogens is 270 g/mol. The number of carbonyl (C=O) groups is 1. The van der Waals surface area contributed by atoms with Gasteiger partial charge >= 0.3 is 0 Å². The Morgan fingerprint density at radius 3 is 2.68 bits per heavy atom. The summed E-state index contributed by atoms with van der Waals surface area (Å²) >= 11 is 5.80. The van der Waals surface area contributed by atoms with E-state index in [0.717, 1.165) is 0 Å². The lowest BCUT2D eigenvalue weighted by Crippen LogP contribution is -2.28. The first kappa shape index (κ1) is 15.9. The van der Waals surface area contributed by atoms with Gasteiger partial charge < -0.3 is 20.6 Å². The first-order chi connectivity index (χ1) is 8.95. The monoisotopic (exact) mass is 287 g/mol. The number of hydrogen-bond donors (Lipinski definition) is 4. The summed E-state index contributed by atoms with van der Waals surface area (Å²) in [6.45, 7) is 1.38. The number of carbonyl (C=O) groups excluding carboxylic acids is 1. The normalized spacial score (nSPS) is 13.9. The van der Waals surface area contributed by atoms with Crippen LogP contribution in [-0.4, -0.2) is 33.9 Å². The van der Waals surface area contributed by atoms with E-state index in [4.69, 9.17) is 11.6 Å².